The summed E-state index contributed by atoms with van der Waals surface area (Å²) in [6, 6.07) is 0. The third-order valence-corrected chi connectivity index (χ3v) is 2.64. The minimum Gasteiger partial charge on any atom is -0.386 e. The Hall–Kier alpha value is -0.110. The van der Waals surface area contributed by atoms with Crippen LogP contribution < -0.4 is 0 Å². The third-order valence-electron chi connectivity index (χ3n) is 2.64. The van der Waals surface area contributed by atoms with Crippen molar-refractivity contribution in [2.45, 2.75) is 25.7 Å². The molecule has 0 aromatic carbocycles. The molecule has 0 aromatic heterocycles. The van der Waals surface area contributed by atoms with Crippen molar-refractivity contribution in [1.82, 2.24) is 0 Å². The summed E-state index contributed by atoms with van der Waals surface area (Å²) in [6.07, 6.45) is 3.68. The Kier molecular flexibility index (Phi) is 7.07. The highest BCUT2D eigenvalue weighted by molar-refractivity contribution is 6.36. The van der Waals surface area contributed by atoms with Gasteiger partial charge in [0.25, 0.3) is 0 Å². The highest BCUT2D eigenvalue weighted by atomic mass is 16.7. The lowest BCUT2D eigenvalue weighted by atomic mass is 10.1. The van der Waals surface area contributed by atoms with Crippen molar-refractivity contribution >= 4 is 14.6 Å². The van der Waals surface area contributed by atoms with E-state index in [4.69, 9.17) is 27.9 Å². The minimum absolute atomic E-state index is 0.482. The second-order valence-electron chi connectivity index (χ2n) is 4.22. The first-order valence-corrected chi connectivity index (χ1v) is 6.65. The summed E-state index contributed by atoms with van der Waals surface area (Å²) in [5.74, 6) is 0. The highest BCUT2D eigenvalue weighted by Gasteiger charge is 2.25. The van der Waals surface area contributed by atoms with Gasteiger partial charge in [-0.2, -0.15) is 0 Å². The fourth-order valence-corrected chi connectivity index (χ4v) is 1.69. The molecule has 8 heteroatoms. The molecule has 0 amide bonds. The molecular weight excluding hydrogens is 238 g/mol. The SMILES string of the molecule is C(CCOB1OCCCO1)COB1OCCCO1. The number of hydrogen-bond acceptors (Lipinski definition) is 6. The van der Waals surface area contributed by atoms with Crippen LogP contribution in [0.5, 0.6) is 0 Å². The molecule has 2 aliphatic rings. The van der Waals surface area contributed by atoms with Gasteiger partial charge in [0.15, 0.2) is 0 Å². The maximum absolute atomic E-state index is 5.41. The molecule has 0 N–H and O–H groups in total. The molecule has 0 bridgehead atoms. The molecule has 0 spiro atoms. The zero-order chi connectivity index (χ0) is 12.5. The van der Waals surface area contributed by atoms with E-state index in [1.54, 1.807) is 0 Å². The van der Waals surface area contributed by atoms with Gasteiger partial charge in [0.05, 0.1) is 0 Å². The fourth-order valence-electron chi connectivity index (χ4n) is 1.69. The zero-order valence-electron chi connectivity index (χ0n) is 10.7. The smallest absolute Gasteiger partial charge is 0.386 e. The molecule has 0 aliphatic carbocycles. The predicted molar refractivity (Wildman–Crippen MR) is 65.7 cm³/mol. The summed E-state index contributed by atoms with van der Waals surface area (Å²) >= 11 is 0. The molecule has 0 aromatic rings. The first-order valence-electron chi connectivity index (χ1n) is 6.65. The lowest BCUT2D eigenvalue weighted by molar-refractivity contribution is 0.0439. The van der Waals surface area contributed by atoms with Crippen molar-refractivity contribution in [3.8, 4) is 0 Å². The average Bonchev–Trinajstić information content (AvgIpc) is 2.45. The van der Waals surface area contributed by atoms with Gasteiger partial charge in [-0.3, -0.25) is 0 Å². The molecule has 0 radical (unpaired) electrons. The Labute approximate surface area is 109 Å². The maximum Gasteiger partial charge on any atom is 0.639 e. The van der Waals surface area contributed by atoms with Crippen LogP contribution in [-0.2, 0) is 27.9 Å². The summed E-state index contributed by atoms with van der Waals surface area (Å²) in [6.45, 7) is 4.07. The Morgan fingerprint density at radius 1 is 0.667 bits per heavy atom. The van der Waals surface area contributed by atoms with Crippen LogP contribution in [0.15, 0.2) is 0 Å². The maximum atomic E-state index is 5.41. The molecule has 0 unspecified atom stereocenters. The van der Waals surface area contributed by atoms with Gasteiger partial charge >= 0.3 is 14.6 Å². The summed E-state index contributed by atoms with van der Waals surface area (Å²) in [4.78, 5) is 0. The normalized spacial score (nSPS) is 21.3. The van der Waals surface area contributed by atoms with Crippen LogP contribution in [0.3, 0.4) is 0 Å². The number of hydrogen-bond donors (Lipinski definition) is 0. The lowest BCUT2D eigenvalue weighted by Crippen LogP contribution is -2.33. The second-order valence-corrected chi connectivity index (χ2v) is 4.22. The summed E-state index contributed by atoms with van der Waals surface area (Å²) in [7, 11) is -0.964. The van der Waals surface area contributed by atoms with Gasteiger partial charge < -0.3 is 27.9 Å². The van der Waals surface area contributed by atoms with Crippen molar-refractivity contribution < 1.29 is 27.9 Å². The van der Waals surface area contributed by atoms with E-state index in [1.165, 1.54) is 0 Å². The average molecular weight is 258 g/mol. The van der Waals surface area contributed by atoms with Crippen LogP contribution in [0.2, 0.25) is 0 Å². The molecular formula is C10H20B2O6. The van der Waals surface area contributed by atoms with Gasteiger partial charge in [-0.1, -0.05) is 0 Å². The Bertz CT molecular complexity index is 187. The molecule has 18 heavy (non-hydrogen) atoms. The van der Waals surface area contributed by atoms with E-state index < -0.39 is 14.6 Å². The van der Waals surface area contributed by atoms with Crippen molar-refractivity contribution in [2.24, 2.45) is 0 Å². The van der Waals surface area contributed by atoms with E-state index in [0.717, 1.165) is 25.7 Å². The minimum atomic E-state index is -0.482. The van der Waals surface area contributed by atoms with Crippen molar-refractivity contribution in [3.63, 3.8) is 0 Å². The fraction of sp³-hybridized carbons (Fsp3) is 1.00. The van der Waals surface area contributed by atoms with Crippen molar-refractivity contribution in [2.75, 3.05) is 39.6 Å². The summed E-state index contributed by atoms with van der Waals surface area (Å²) in [5, 5.41) is 0. The molecule has 2 aliphatic heterocycles. The predicted octanol–water partition coefficient (Wildman–Crippen LogP) is 0.643. The topological polar surface area (TPSA) is 55.4 Å². The van der Waals surface area contributed by atoms with Crippen molar-refractivity contribution in [3.05, 3.63) is 0 Å². The third kappa shape index (κ3) is 5.69. The molecule has 0 saturated carbocycles. The lowest BCUT2D eigenvalue weighted by Gasteiger charge is -2.19. The Morgan fingerprint density at radius 2 is 1.06 bits per heavy atom. The van der Waals surface area contributed by atoms with Crippen LogP contribution in [0.1, 0.15) is 25.7 Å². The summed E-state index contributed by atoms with van der Waals surface area (Å²) < 4.78 is 31.9. The van der Waals surface area contributed by atoms with Gasteiger partial charge in [0.1, 0.15) is 0 Å². The molecule has 2 fully saturated rings. The molecule has 6 nitrogen and oxygen atoms in total. The van der Waals surface area contributed by atoms with E-state index in [9.17, 15) is 0 Å². The van der Waals surface area contributed by atoms with E-state index >= 15 is 0 Å². The molecule has 2 rings (SSSR count). The van der Waals surface area contributed by atoms with Gasteiger partial charge in [0, 0.05) is 39.6 Å². The van der Waals surface area contributed by atoms with E-state index in [0.29, 0.717) is 39.6 Å². The van der Waals surface area contributed by atoms with Crippen molar-refractivity contribution in [1.29, 1.82) is 0 Å². The number of rotatable bonds is 7. The van der Waals surface area contributed by atoms with Crippen LogP contribution in [-0.4, -0.2) is 54.3 Å². The van der Waals surface area contributed by atoms with Crippen LogP contribution >= 0.6 is 0 Å². The first-order chi connectivity index (χ1) is 8.95. The van der Waals surface area contributed by atoms with Gasteiger partial charge in [0.2, 0.25) is 0 Å². The Balaban J connectivity index is 1.39. The first kappa shape index (κ1) is 14.3. The molecule has 2 saturated heterocycles. The molecule has 102 valence electrons. The van der Waals surface area contributed by atoms with E-state index in [2.05, 4.69) is 0 Å². The standard InChI is InChI=1S/C10H20B2O6/c1(5-13-11-15-7-3-8-16-11)2-6-14-12-17-9-4-10-18-12/h1-10H2. The molecule has 0 atom stereocenters. The molecule has 2 heterocycles. The highest BCUT2D eigenvalue weighted by Crippen LogP contribution is 2.05. The van der Waals surface area contributed by atoms with E-state index in [-0.39, 0.29) is 0 Å². The quantitative estimate of drug-likeness (QED) is 0.493. The monoisotopic (exact) mass is 258 g/mol. The zero-order valence-corrected chi connectivity index (χ0v) is 10.7. The van der Waals surface area contributed by atoms with E-state index in [1.807, 2.05) is 0 Å². The Morgan fingerprint density at radius 3 is 1.44 bits per heavy atom. The van der Waals surface area contributed by atoms with Crippen LogP contribution in [0, 0.1) is 0 Å². The van der Waals surface area contributed by atoms with Gasteiger partial charge in [-0.05, 0) is 25.7 Å². The second kappa shape index (κ2) is 8.90. The number of unbranched alkanes of at least 4 members (excludes halogenated alkanes) is 1. The van der Waals surface area contributed by atoms with Crippen LogP contribution in [0.25, 0.3) is 0 Å². The van der Waals surface area contributed by atoms with Crippen LogP contribution in [0.4, 0.5) is 0 Å². The van der Waals surface area contributed by atoms with Gasteiger partial charge in [-0.15, -0.1) is 0 Å². The summed E-state index contributed by atoms with van der Waals surface area (Å²) in [5.41, 5.74) is 0. The van der Waals surface area contributed by atoms with Gasteiger partial charge in [-0.25, -0.2) is 0 Å². The largest absolute Gasteiger partial charge is 0.639 e.